The fourth-order valence-electron chi connectivity index (χ4n) is 2.26. The number of rotatable bonds is 7. The third-order valence-corrected chi connectivity index (χ3v) is 5.78. The summed E-state index contributed by atoms with van der Waals surface area (Å²) in [5, 5.41) is 3.14. The van der Waals surface area contributed by atoms with E-state index in [9.17, 15) is 13.2 Å². The lowest BCUT2D eigenvalue weighted by molar-refractivity contribution is -0.117. The molecule has 0 heterocycles. The molecule has 146 valence electrons. The smallest absolute Gasteiger partial charge is 0.242 e. The number of nitrogens with one attached hydrogen (secondary N) is 2. The number of carbonyl (C=O) groups is 1. The van der Waals surface area contributed by atoms with Crippen LogP contribution >= 0.6 is 11.6 Å². The van der Waals surface area contributed by atoms with Crippen LogP contribution in [-0.2, 0) is 14.8 Å². The van der Waals surface area contributed by atoms with Gasteiger partial charge in [-0.05, 0) is 43.7 Å². The highest BCUT2D eigenvalue weighted by atomic mass is 35.5. The Morgan fingerprint density at radius 3 is 2.33 bits per heavy atom. The standard InChI is InChI=1S/C18H21ClN2O5S/c1-11-5-6-13(9-15(11)19)20-18(22)12(2)21-27(23,24)14-7-8-16(25-3)17(10-14)26-4/h5-10,12,21H,1-4H3,(H,20,22)/t12-/m1/s1. The maximum atomic E-state index is 12.6. The van der Waals surface area contributed by atoms with Gasteiger partial charge in [0.05, 0.1) is 25.2 Å². The van der Waals surface area contributed by atoms with Gasteiger partial charge < -0.3 is 14.8 Å². The van der Waals surface area contributed by atoms with Crippen molar-refractivity contribution in [2.45, 2.75) is 24.8 Å². The molecule has 0 aliphatic heterocycles. The van der Waals surface area contributed by atoms with E-state index in [4.69, 9.17) is 21.1 Å². The van der Waals surface area contributed by atoms with Crippen molar-refractivity contribution in [2.24, 2.45) is 0 Å². The summed E-state index contributed by atoms with van der Waals surface area (Å²) in [4.78, 5) is 12.3. The minimum absolute atomic E-state index is 0.0434. The fraction of sp³-hybridized carbons (Fsp3) is 0.278. The number of methoxy groups -OCH3 is 2. The Morgan fingerprint density at radius 2 is 1.74 bits per heavy atom. The maximum absolute atomic E-state index is 12.6. The van der Waals surface area contributed by atoms with E-state index in [-0.39, 0.29) is 10.6 Å². The predicted octanol–water partition coefficient (Wildman–Crippen LogP) is 2.97. The highest BCUT2D eigenvalue weighted by Crippen LogP contribution is 2.29. The first-order valence-corrected chi connectivity index (χ1v) is 9.85. The Morgan fingerprint density at radius 1 is 1.07 bits per heavy atom. The number of hydrogen-bond acceptors (Lipinski definition) is 5. The number of halogens is 1. The van der Waals surface area contributed by atoms with Crippen LogP contribution < -0.4 is 19.5 Å². The van der Waals surface area contributed by atoms with Crippen molar-refractivity contribution < 1.29 is 22.7 Å². The summed E-state index contributed by atoms with van der Waals surface area (Å²) in [7, 11) is -1.08. The van der Waals surface area contributed by atoms with Crippen molar-refractivity contribution in [3.63, 3.8) is 0 Å². The van der Waals surface area contributed by atoms with Gasteiger partial charge in [-0.3, -0.25) is 4.79 Å². The molecule has 0 saturated heterocycles. The van der Waals surface area contributed by atoms with Crippen LogP contribution in [0.15, 0.2) is 41.3 Å². The number of benzene rings is 2. The molecular formula is C18H21ClN2O5S. The van der Waals surface area contributed by atoms with E-state index in [1.165, 1.54) is 39.3 Å². The summed E-state index contributed by atoms with van der Waals surface area (Å²) < 4.78 is 37.7. The van der Waals surface area contributed by atoms with Crippen LogP contribution in [0.25, 0.3) is 0 Å². The average Bonchev–Trinajstić information content (AvgIpc) is 2.63. The van der Waals surface area contributed by atoms with Gasteiger partial charge >= 0.3 is 0 Å². The van der Waals surface area contributed by atoms with Gasteiger partial charge in [-0.1, -0.05) is 17.7 Å². The zero-order valence-electron chi connectivity index (χ0n) is 15.4. The van der Waals surface area contributed by atoms with Crippen molar-refractivity contribution >= 4 is 33.2 Å². The van der Waals surface area contributed by atoms with Gasteiger partial charge in [-0.15, -0.1) is 0 Å². The van der Waals surface area contributed by atoms with Gasteiger partial charge in [0, 0.05) is 16.8 Å². The monoisotopic (exact) mass is 412 g/mol. The SMILES string of the molecule is COc1ccc(S(=O)(=O)N[C@H](C)C(=O)Nc2ccc(C)c(Cl)c2)cc1OC. The number of hydrogen-bond donors (Lipinski definition) is 2. The average molecular weight is 413 g/mol. The van der Waals surface area contributed by atoms with Crippen LogP contribution in [0.3, 0.4) is 0 Å². The number of aryl methyl sites for hydroxylation is 1. The third-order valence-electron chi connectivity index (χ3n) is 3.83. The van der Waals surface area contributed by atoms with Gasteiger partial charge in [-0.2, -0.15) is 4.72 Å². The van der Waals surface area contributed by atoms with Crippen LogP contribution in [0.5, 0.6) is 11.5 Å². The predicted molar refractivity (Wildman–Crippen MR) is 104 cm³/mol. The molecule has 27 heavy (non-hydrogen) atoms. The van der Waals surface area contributed by atoms with Gasteiger partial charge in [-0.25, -0.2) is 8.42 Å². The summed E-state index contributed by atoms with van der Waals surface area (Å²) in [6.07, 6.45) is 0. The van der Waals surface area contributed by atoms with E-state index in [1.54, 1.807) is 18.2 Å². The van der Waals surface area contributed by atoms with E-state index in [1.807, 2.05) is 6.92 Å². The summed E-state index contributed by atoms with van der Waals surface area (Å²) in [6, 6.07) is 8.21. The number of sulfonamides is 1. The quantitative estimate of drug-likeness (QED) is 0.729. The number of ether oxygens (including phenoxy) is 2. The van der Waals surface area contributed by atoms with E-state index >= 15 is 0 Å². The molecule has 9 heteroatoms. The Balaban J connectivity index is 2.14. The van der Waals surface area contributed by atoms with Crippen molar-refractivity contribution in [2.75, 3.05) is 19.5 Å². The normalized spacial score (nSPS) is 12.3. The first kappa shape index (κ1) is 21.0. The summed E-state index contributed by atoms with van der Waals surface area (Å²) >= 11 is 6.03. The second-order valence-electron chi connectivity index (χ2n) is 5.81. The van der Waals surface area contributed by atoms with E-state index in [0.29, 0.717) is 16.5 Å². The van der Waals surface area contributed by atoms with Crippen LogP contribution in [-0.4, -0.2) is 34.6 Å². The minimum Gasteiger partial charge on any atom is -0.493 e. The zero-order chi connectivity index (χ0) is 20.2. The molecular weight excluding hydrogens is 392 g/mol. The van der Waals surface area contributed by atoms with Crippen molar-refractivity contribution in [3.05, 3.63) is 47.0 Å². The van der Waals surface area contributed by atoms with Crippen LogP contribution in [0.4, 0.5) is 5.69 Å². The van der Waals surface area contributed by atoms with E-state index in [2.05, 4.69) is 10.0 Å². The lowest BCUT2D eigenvalue weighted by Gasteiger charge is -2.16. The van der Waals surface area contributed by atoms with Gasteiger partial charge in [0.1, 0.15) is 0 Å². The molecule has 0 saturated carbocycles. The van der Waals surface area contributed by atoms with Gasteiger partial charge in [0.2, 0.25) is 15.9 Å². The second kappa shape index (κ2) is 8.60. The number of carbonyl (C=O) groups excluding carboxylic acids is 1. The Labute approximate surface area is 163 Å². The van der Waals surface area contributed by atoms with Crippen molar-refractivity contribution in [3.8, 4) is 11.5 Å². The van der Waals surface area contributed by atoms with Gasteiger partial charge in [0.15, 0.2) is 11.5 Å². The summed E-state index contributed by atoms with van der Waals surface area (Å²) in [5.41, 5.74) is 1.35. The Bertz CT molecular complexity index is 947. The lowest BCUT2D eigenvalue weighted by Crippen LogP contribution is -2.41. The topological polar surface area (TPSA) is 93.7 Å². The highest BCUT2D eigenvalue weighted by molar-refractivity contribution is 7.89. The Kier molecular flexibility index (Phi) is 6.69. The molecule has 0 spiro atoms. The second-order valence-corrected chi connectivity index (χ2v) is 7.93. The third kappa shape index (κ3) is 5.12. The highest BCUT2D eigenvalue weighted by Gasteiger charge is 2.23. The molecule has 0 radical (unpaired) electrons. The largest absolute Gasteiger partial charge is 0.493 e. The van der Waals surface area contributed by atoms with E-state index < -0.39 is 22.0 Å². The lowest BCUT2D eigenvalue weighted by atomic mass is 10.2. The molecule has 0 aliphatic rings. The number of amides is 1. The first-order valence-electron chi connectivity index (χ1n) is 7.99. The van der Waals surface area contributed by atoms with Gasteiger partial charge in [0.25, 0.3) is 0 Å². The van der Waals surface area contributed by atoms with Crippen LogP contribution in [0.2, 0.25) is 5.02 Å². The molecule has 1 atom stereocenters. The Hall–Kier alpha value is -2.29. The molecule has 2 aromatic carbocycles. The van der Waals surface area contributed by atoms with Crippen molar-refractivity contribution in [1.82, 2.24) is 4.72 Å². The molecule has 0 fully saturated rings. The molecule has 0 unspecified atom stereocenters. The molecule has 7 nitrogen and oxygen atoms in total. The van der Waals surface area contributed by atoms with Crippen LogP contribution in [0.1, 0.15) is 12.5 Å². The summed E-state index contributed by atoms with van der Waals surface area (Å²) in [6.45, 7) is 3.29. The molecule has 2 aromatic rings. The fourth-order valence-corrected chi connectivity index (χ4v) is 3.66. The minimum atomic E-state index is -3.94. The zero-order valence-corrected chi connectivity index (χ0v) is 16.9. The summed E-state index contributed by atoms with van der Waals surface area (Å²) in [5.74, 6) is 0.157. The molecule has 2 rings (SSSR count). The van der Waals surface area contributed by atoms with E-state index in [0.717, 1.165) is 5.56 Å². The molecule has 0 bridgehead atoms. The van der Waals surface area contributed by atoms with Crippen molar-refractivity contribution in [1.29, 1.82) is 0 Å². The molecule has 0 aromatic heterocycles. The molecule has 1 amide bonds. The van der Waals surface area contributed by atoms with Crippen LogP contribution in [0, 0.1) is 6.92 Å². The number of anilines is 1. The molecule has 2 N–H and O–H groups in total. The molecule has 0 aliphatic carbocycles. The first-order chi connectivity index (χ1) is 12.7. The maximum Gasteiger partial charge on any atom is 0.242 e.